The molecule has 0 radical (unpaired) electrons. The highest BCUT2D eigenvalue weighted by atomic mass is 16.5. The lowest BCUT2D eigenvalue weighted by Gasteiger charge is -2.39. The van der Waals surface area contributed by atoms with E-state index in [9.17, 15) is 0 Å². The number of rotatable bonds is 5. The average Bonchev–Trinajstić information content (AvgIpc) is 2.47. The topological polar surface area (TPSA) is 12.5 Å². The van der Waals surface area contributed by atoms with Crippen LogP contribution in [0.15, 0.2) is 48.5 Å². The van der Waals surface area contributed by atoms with Crippen LogP contribution in [0.1, 0.15) is 29.2 Å². The van der Waals surface area contributed by atoms with E-state index in [2.05, 4.69) is 60.4 Å². The molecule has 1 fully saturated rings. The van der Waals surface area contributed by atoms with Crippen LogP contribution in [-0.4, -0.2) is 25.1 Å². The highest BCUT2D eigenvalue weighted by molar-refractivity contribution is 5.31. The first-order chi connectivity index (χ1) is 10.3. The predicted octanol–water partition coefficient (Wildman–Crippen LogP) is 3.99. The molecule has 2 nitrogen and oxygen atoms in total. The molecule has 1 atom stereocenters. The summed E-state index contributed by atoms with van der Waals surface area (Å²) < 4.78 is 5.27. The van der Waals surface area contributed by atoms with Crippen molar-refractivity contribution in [2.45, 2.75) is 25.8 Å². The van der Waals surface area contributed by atoms with Gasteiger partial charge in [0.15, 0.2) is 0 Å². The van der Waals surface area contributed by atoms with E-state index >= 15 is 0 Å². The van der Waals surface area contributed by atoms with Crippen molar-refractivity contribution in [3.05, 3.63) is 65.2 Å². The van der Waals surface area contributed by atoms with Gasteiger partial charge in [0.1, 0.15) is 5.75 Å². The predicted molar refractivity (Wildman–Crippen MR) is 86.8 cm³/mol. The second-order valence-electron chi connectivity index (χ2n) is 5.87. The molecule has 0 N–H and O–H groups in total. The van der Waals surface area contributed by atoms with Crippen molar-refractivity contribution in [1.82, 2.24) is 4.90 Å². The Bertz CT molecular complexity index is 570. The fraction of sp³-hybridized carbons (Fsp3) is 0.368. The first-order valence-electron chi connectivity index (χ1n) is 7.70. The number of hydrogen-bond donors (Lipinski definition) is 0. The summed E-state index contributed by atoms with van der Waals surface area (Å²) in [5.41, 5.74) is 4.12. The summed E-state index contributed by atoms with van der Waals surface area (Å²) in [5.74, 6) is 0.927. The van der Waals surface area contributed by atoms with E-state index in [0.717, 1.165) is 12.2 Å². The van der Waals surface area contributed by atoms with E-state index in [1.807, 2.05) is 0 Å². The van der Waals surface area contributed by atoms with Crippen molar-refractivity contribution >= 4 is 0 Å². The number of methoxy groups -OCH3 is 1. The summed E-state index contributed by atoms with van der Waals surface area (Å²) in [4.78, 5) is 2.57. The monoisotopic (exact) mass is 281 g/mol. The number of ether oxygens (including phenoxy) is 1. The molecule has 0 spiro atoms. The van der Waals surface area contributed by atoms with E-state index in [4.69, 9.17) is 4.74 Å². The number of likely N-dealkylation sites (tertiary alicyclic amines) is 1. The van der Waals surface area contributed by atoms with Crippen molar-refractivity contribution < 1.29 is 4.74 Å². The largest absolute Gasteiger partial charge is 0.497 e. The van der Waals surface area contributed by atoms with Gasteiger partial charge in [0, 0.05) is 6.04 Å². The Balaban J connectivity index is 1.81. The molecule has 21 heavy (non-hydrogen) atoms. The van der Waals surface area contributed by atoms with Crippen LogP contribution in [0.5, 0.6) is 5.75 Å². The van der Waals surface area contributed by atoms with Crippen molar-refractivity contribution in [3.63, 3.8) is 0 Å². The third-order valence-electron chi connectivity index (χ3n) is 4.38. The number of benzene rings is 2. The van der Waals surface area contributed by atoms with Gasteiger partial charge in [-0.25, -0.2) is 0 Å². The molecule has 110 valence electrons. The Labute approximate surface area is 127 Å². The summed E-state index contributed by atoms with van der Waals surface area (Å²) in [6.07, 6.45) is 2.40. The molecule has 2 aromatic carbocycles. The van der Waals surface area contributed by atoms with Gasteiger partial charge in [-0.15, -0.1) is 0 Å². The Morgan fingerprint density at radius 2 is 1.67 bits per heavy atom. The number of aryl methyl sites for hydroxylation is 1. The van der Waals surface area contributed by atoms with Crippen LogP contribution in [0.2, 0.25) is 0 Å². The molecule has 2 heteroatoms. The smallest absolute Gasteiger partial charge is 0.118 e. The summed E-state index contributed by atoms with van der Waals surface area (Å²) >= 11 is 0. The van der Waals surface area contributed by atoms with Crippen LogP contribution >= 0.6 is 0 Å². The van der Waals surface area contributed by atoms with Crippen molar-refractivity contribution in [2.24, 2.45) is 0 Å². The van der Waals surface area contributed by atoms with Crippen molar-refractivity contribution in [1.29, 1.82) is 0 Å². The molecule has 1 heterocycles. The van der Waals surface area contributed by atoms with E-state index < -0.39 is 0 Å². The van der Waals surface area contributed by atoms with E-state index in [0.29, 0.717) is 6.04 Å². The second-order valence-corrected chi connectivity index (χ2v) is 5.87. The minimum Gasteiger partial charge on any atom is -0.497 e. The number of nitrogens with zero attached hydrogens (tertiary/aromatic N) is 1. The maximum atomic E-state index is 5.27. The van der Waals surface area contributed by atoms with Crippen molar-refractivity contribution in [3.8, 4) is 5.75 Å². The molecule has 3 rings (SSSR count). The van der Waals surface area contributed by atoms with Gasteiger partial charge in [-0.1, -0.05) is 42.0 Å². The normalized spacial score (nSPS) is 16.3. The minimum absolute atomic E-state index is 0.479. The lowest BCUT2D eigenvalue weighted by molar-refractivity contribution is 0.117. The van der Waals surface area contributed by atoms with Gasteiger partial charge >= 0.3 is 0 Å². The van der Waals surface area contributed by atoms with E-state index in [1.165, 1.54) is 36.2 Å². The second kappa shape index (κ2) is 6.31. The third kappa shape index (κ3) is 3.27. The Morgan fingerprint density at radius 3 is 2.19 bits per heavy atom. The Kier molecular flexibility index (Phi) is 4.26. The minimum atomic E-state index is 0.479. The van der Waals surface area contributed by atoms with E-state index in [-0.39, 0.29) is 0 Å². The van der Waals surface area contributed by atoms with Crippen LogP contribution in [0.25, 0.3) is 0 Å². The molecule has 1 saturated heterocycles. The van der Waals surface area contributed by atoms with Crippen LogP contribution in [-0.2, 0) is 6.42 Å². The summed E-state index contributed by atoms with van der Waals surface area (Å²) in [6.45, 7) is 4.56. The summed E-state index contributed by atoms with van der Waals surface area (Å²) in [6, 6.07) is 17.9. The molecule has 1 aliphatic heterocycles. The molecule has 0 saturated carbocycles. The molecule has 1 aliphatic rings. The van der Waals surface area contributed by atoms with Crippen LogP contribution in [0.3, 0.4) is 0 Å². The SMILES string of the molecule is COc1ccc(C(Cc2ccc(C)cc2)N2CCC2)cc1. The lowest BCUT2D eigenvalue weighted by Crippen LogP contribution is -2.41. The molecule has 0 bridgehead atoms. The van der Waals surface area contributed by atoms with Gasteiger partial charge in [-0.2, -0.15) is 0 Å². The van der Waals surface area contributed by atoms with Crippen LogP contribution in [0.4, 0.5) is 0 Å². The maximum Gasteiger partial charge on any atom is 0.118 e. The number of hydrogen-bond acceptors (Lipinski definition) is 2. The highest BCUT2D eigenvalue weighted by Crippen LogP contribution is 2.30. The quantitative estimate of drug-likeness (QED) is 0.821. The van der Waals surface area contributed by atoms with Gasteiger partial charge < -0.3 is 4.74 Å². The third-order valence-corrected chi connectivity index (χ3v) is 4.38. The van der Waals surface area contributed by atoms with E-state index in [1.54, 1.807) is 7.11 Å². The zero-order valence-electron chi connectivity index (χ0n) is 12.9. The molecule has 2 aromatic rings. The molecule has 1 unspecified atom stereocenters. The average molecular weight is 281 g/mol. The molecular weight excluding hydrogens is 258 g/mol. The summed E-state index contributed by atoms with van der Waals surface area (Å²) in [7, 11) is 1.72. The molecular formula is C19H23NO. The highest BCUT2D eigenvalue weighted by Gasteiger charge is 2.25. The van der Waals surface area contributed by atoms with Crippen LogP contribution in [0, 0.1) is 6.92 Å². The van der Waals surface area contributed by atoms with Gasteiger partial charge in [0.25, 0.3) is 0 Å². The standard InChI is InChI=1S/C19H23NO/c1-15-4-6-16(7-5-15)14-19(20-12-3-13-20)17-8-10-18(21-2)11-9-17/h4-11,19H,3,12-14H2,1-2H3. The Morgan fingerprint density at radius 1 is 1.00 bits per heavy atom. The van der Waals surface area contributed by atoms with Gasteiger partial charge in [-0.3, -0.25) is 4.90 Å². The molecule has 0 aliphatic carbocycles. The van der Waals surface area contributed by atoms with Gasteiger partial charge in [-0.05, 0) is 56.1 Å². The van der Waals surface area contributed by atoms with Gasteiger partial charge in [0.2, 0.25) is 0 Å². The van der Waals surface area contributed by atoms with Crippen molar-refractivity contribution in [2.75, 3.05) is 20.2 Å². The lowest BCUT2D eigenvalue weighted by atomic mass is 9.94. The zero-order valence-corrected chi connectivity index (χ0v) is 12.9. The molecule has 0 amide bonds. The molecule has 0 aromatic heterocycles. The van der Waals surface area contributed by atoms with Gasteiger partial charge in [0.05, 0.1) is 7.11 Å². The first-order valence-corrected chi connectivity index (χ1v) is 7.70. The maximum absolute atomic E-state index is 5.27. The Hall–Kier alpha value is -1.80. The van der Waals surface area contributed by atoms with Crippen LogP contribution < -0.4 is 4.74 Å². The fourth-order valence-corrected chi connectivity index (χ4v) is 2.88. The first kappa shape index (κ1) is 14.2. The fourth-order valence-electron chi connectivity index (χ4n) is 2.88. The summed E-state index contributed by atoms with van der Waals surface area (Å²) in [5, 5.41) is 0. The zero-order chi connectivity index (χ0) is 14.7.